The van der Waals surface area contributed by atoms with Crippen LogP contribution in [0, 0.1) is 11.8 Å². The first-order chi connectivity index (χ1) is 20.3. The second-order valence-corrected chi connectivity index (χ2v) is 13.7. The molecule has 3 aliphatic rings. The minimum Gasteiger partial charge on any atom is -0.394 e. The Morgan fingerprint density at radius 3 is 2.29 bits per heavy atom. The number of carbonyl (C=O) groups excluding carboxylic acids is 3. The van der Waals surface area contributed by atoms with Crippen LogP contribution in [0.4, 0.5) is 5.69 Å². The molecule has 0 aromatic heterocycles. The molecule has 222 valence electrons. The number of benzene rings is 2. The van der Waals surface area contributed by atoms with Crippen molar-refractivity contribution >= 4 is 35.2 Å². The van der Waals surface area contributed by atoms with Gasteiger partial charge in [0.15, 0.2) is 0 Å². The standard InChI is InChI=1S/C34H41N3O4S/c1-5-20-35(22-24-14-10-8-11-15-24)32(41)29-34-19-18-33(4,42-34)27(28(34)31(40)37(29)25(7-3)23-38)30(39)36(21-6-2)26-16-12-9-13-17-26/h5-6,8-17,25,27-29,38H,1-2,7,18-23H2,3-4H3/t25-,27+,28-,29?,33-,34?/m0/s1. The fourth-order valence-corrected chi connectivity index (χ4v) is 9.75. The zero-order valence-electron chi connectivity index (χ0n) is 24.5. The molecule has 42 heavy (non-hydrogen) atoms. The zero-order chi connectivity index (χ0) is 30.1. The Labute approximate surface area is 253 Å². The molecule has 0 aliphatic carbocycles. The summed E-state index contributed by atoms with van der Waals surface area (Å²) in [5, 5.41) is 10.4. The van der Waals surface area contributed by atoms with Gasteiger partial charge in [-0.15, -0.1) is 24.9 Å². The maximum Gasteiger partial charge on any atom is 0.247 e. The Hall–Kier alpha value is -3.36. The number of aliphatic hydroxyl groups is 1. The van der Waals surface area contributed by atoms with Crippen molar-refractivity contribution in [2.45, 2.75) is 61.2 Å². The van der Waals surface area contributed by atoms with E-state index in [1.165, 1.54) is 0 Å². The summed E-state index contributed by atoms with van der Waals surface area (Å²) < 4.78 is -1.27. The molecule has 1 spiro atoms. The molecule has 3 heterocycles. The molecule has 3 amide bonds. The van der Waals surface area contributed by atoms with Gasteiger partial charge < -0.3 is 19.8 Å². The summed E-state index contributed by atoms with van der Waals surface area (Å²) in [5.74, 6) is -1.75. The molecule has 3 fully saturated rings. The monoisotopic (exact) mass is 587 g/mol. The van der Waals surface area contributed by atoms with Crippen LogP contribution in [0.2, 0.25) is 0 Å². The number of anilines is 1. The first kappa shape index (κ1) is 30.1. The zero-order valence-corrected chi connectivity index (χ0v) is 25.3. The first-order valence-electron chi connectivity index (χ1n) is 14.8. The van der Waals surface area contributed by atoms with E-state index >= 15 is 0 Å². The third-order valence-electron chi connectivity index (χ3n) is 9.31. The van der Waals surface area contributed by atoms with E-state index in [9.17, 15) is 19.5 Å². The summed E-state index contributed by atoms with van der Waals surface area (Å²) in [6.45, 7) is 12.6. The minimum atomic E-state index is -0.787. The van der Waals surface area contributed by atoms with Crippen molar-refractivity contribution in [2.24, 2.45) is 11.8 Å². The van der Waals surface area contributed by atoms with Gasteiger partial charge in [0.25, 0.3) is 0 Å². The highest BCUT2D eigenvalue weighted by Gasteiger charge is 2.78. The lowest BCUT2D eigenvalue weighted by molar-refractivity contribution is -0.146. The van der Waals surface area contributed by atoms with Crippen molar-refractivity contribution < 1.29 is 19.5 Å². The van der Waals surface area contributed by atoms with Crippen LogP contribution in [0.25, 0.3) is 0 Å². The van der Waals surface area contributed by atoms with E-state index in [4.69, 9.17) is 0 Å². The van der Waals surface area contributed by atoms with Crippen LogP contribution in [0.15, 0.2) is 86.0 Å². The number of aliphatic hydroxyl groups excluding tert-OH is 1. The second kappa shape index (κ2) is 12.1. The lowest BCUT2D eigenvalue weighted by atomic mass is 9.66. The molecule has 2 bridgehead atoms. The van der Waals surface area contributed by atoms with Gasteiger partial charge in [-0.25, -0.2) is 0 Å². The van der Waals surface area contributed by atoms with E-state index in [0.717, 1.165) is 17.7 Å². The highest BCUT2D eigenvalue weighted by Crippen LogP contribution is 2.72. The molecule has 5 rings (SSSR count). The van der Waals surface area contributed by atoms with Crippen LogP contribution in [-0.4, -0.2) is 73.9 Å². The Morgan fingerprint density at radius 2 is 1.69 bits per heavy atom. The topological polar surface area (TPSA) is 81.2 Å². The van der Waals surface area contributed by atoms with E-state index < -0.39 is 33.4 Å². The number of carbonyl (C=O) groups is 3. The van der Waals surface area contributed by atoms with Gasteiger partial charge in [-0.1, -0.05) is 67.6 Å². The number of nitrogens with zero attached hydrogens (tertiary/aromatic N) is 3. The summed E-state index contributed by atoms with van der Waals surface area (Å²) in [6, 6.07) is 18.0. The van der Waals surface area contributed by atoms with Gasteiger partial charge >= 0.3 is 0 Å². The molecule has 2 unspecified atom stereocenters. The van der Waals surface area contributed by atoms with Crippen molar-refractivity contribution in [1.82, 2.24) is 9.80 Å². The molecule has 2 aromatic carbocycles. The van der Waals surface area contributed by atoms with Crippen molar-refractivity contribution in [3.05, 3.63) is 91.5 Å². The highest BCUT2D eigenvalue weighted by molar-refractivity contribution is 8.02. The maximum absolute atomic E-state index is 14.7. The Bertz CT molecular complexity index is 1330. The number of hydrogen-bond acceptors (Lipinski definition) is 5. The minimum absolute atomic E-state index is 0.117. The summed E-state index contributed by atoms with van der Waals surface area (Å²) in [6.07, 6.45) is 5.29. The number of thioether (sulfide) groups is 1. The molecule has 3 saturated heterocycles. The third kappa shape index (κ3) is 4.88. The Balaban J connectivity index is 1.58. The van der Waals surface area contributed by atoms with Crippen LogP contribution in [-0.2, 0) is 20.9 Å². The lowest BCUT2D eigenvalue weighted by Crippen LogP contribution is -2.57. The van der Waals surface area contributed by atoms with E-state index in [1.54, 1.807) is 38.6 Å². The second-order valence-electron chi connectivity index (χ2n) is 11.8. The third-order valence-corrected chi connectivity index (χ3v) is 11.3. The smallest absolute Gasteiger partial charge is 0.247 e. The molecule has 2 aromatic rings. The van der Waals surface area contributed by atoms with Gasteiger partial charge in [0, 0.05) is 30.1 Å². The normalized spacial score (nSPS) is 28.3. The number of likely N-dealkylation sites (tertiary alicyclic amines) is 1. The van der Waals surface area contributed by atoms with Crippen LogP contribution in [0.3, 0.4) is 0 Å². The molecule has 7 nitrogen and oxygen atoms in total. The summed E-state index contributed by atoms with van der Waals surface area (Å²) in [5.41, 5.74) is 1.74. The molecule has 0 saturated carbocycles. The van der Waals surface area contributed by atoms with Gasteiger partial charge in [0.1, 0.15) is 6.04 Å². The predicted molar refractivity (Wildman–Crippen MR) is 168 cm³/mol. The maximum atomic E-state index is 14.7. The van der Waals surface area contributed by atoms with E-state index in [1.807, 2.05) is 67.6 Å². The van der Waals surface area contributed by atoms with Crippen molar-refractivity contribution in [2.75, 3.05) is 24.6 Å². The number of para-hydroxylation sites is 1. The van der Waals surface area contributed by atoms with E-state index in [-0.39, 0.29) is 24.3 Å². The average Bonchev–Trinajstić information content (AvgIpc) is 3.57. The number of fused-ring (bicyclic) bond motifs is 1. The van der Waals surface area contributed by atoms with Crippen LogP contribution < -0.4 is 4.90 Å². The predicted octanol–water partition coefficient (Wildman–Crippen LogP) is 4.67. The Kier molecular flexibility index (Phi) is 8.67. The van der Waals surface area contributed by atoms with Gasteiger partial charge in [0.2, 0.25) is 17.7 Å². The number of hydrogen-bond donors (Lipinski definition) is 1. The average molecular weight is 588 g/mol. The molecular formula is C34H41N3O4S. The molecule has 6 atom stereocenters. The molecule has 1 N–H and O–H groups in total. The van der Waals surface area contributed by atoms with E-state index in [0.29, 0.717) is 32.5 Å². The van der Waals surface area contributed by atoms with Crippen molar-refractivity contribution in [3.63, 3.8) is 0 Å². The van der Waals surface area contributed by atoms with Gasteiger partial charge in [-0.05, 0) is 43.9 Å². The SMILES string of the molecule is C=CCN(Cc1ccccc1)C(=O)C1N([C@@H](CC)CO)C(=O)[C@@H]2[C@H](C(=O)N(CC=C)c3ccccc3)[C@]3(C)CCC12S3. The fraction of sp³-hybridized carbons (Fsp3) is 0.441. The molecular weight excluding hydrogens is 546 g/mol. The molecule has 0 radical (unpaired) electrons. The van der Waals surface area contributed by atoms with Crippen LogP contribution in [0.5, 0.6) is 0 Å². The van der Waals surface area contributed by atoms with Gasteiger partial charge in [-0.3, -0.25) is 14.4 Å². The largest absolute Gasteiger partial charge is 0.394 e. The number of amides is 3. The fourth-order valence-electron chi connectivity index (χ4n) is 7.42. The van der Waals surface area contributed by atoms with Crippen LogP contribution in [0.1, 0.15) is 38.7 Å². The highest BCUT2D eigenvalue weighted by atomic mass is 32.2. The lowest BCUT2D eigenvalue weighted by Gasteiger charge is -2.39. The molecule has 3 aliphatic heterocycles. The Morgan fingerprint density at radius 1 is 1.05 bits per heavy atom. The summed E-state index contributed by atoms with van der Waals surface area (Å²) >= 11 is 1.65. The number of rotatable bonds is 12. The van der Waals surface area contributed by atoms with Gasteiger partial charge in [0.05, 0.1) is 29.2 Å². The summed E-state index contributed by atoms with van der Waals surface area (Å²) in [4.78, 5) is 48.9. The van der Waals surface area contributed by atoms with E-state index in [2.05, 4.69) is 20.1 Å². The quantitative estimate of drug-likeness (QED) is 0.365. The first-order valence-corrected chi connectivity index (χ1v) is 15.6. The molecule has 8 heteroatoms. The summed E-state index contributed by atoms with van der Waals surface area (Å²) in [7, 11) is 0. The van der Waals surface area contributed by atoms with Crippen LogP contribution >= 0.6 is 11.8 Å². The van der Waals surface area contributed by atoms with Crippen molar-refractivity contribution in [3.8, 4) is 0 Å². The van der Waals surface area contributed by atoms with Gasteiger partial charge in [-0.2, -0.15) is 0 Å². The van der Waals surface area contributed by atoms with Crippen molar-refractivity contribution in [1.29, 1.82) is 0 Å².